The molecule has 0 aliphatic carbocycles. The normalized spacial score (nSPS) is 18.1. The van der Waals surface area contributed by atoms with E-state index in [2.05, 4.69) is 29.8 Å². The zero-order chi connectivity index (χ0) is 13.2. The van der Waals surface area contributed by atoms with Gasteiger partial charge in [-0.25, -0.2) is 4.98 Å². The number of hydrogen-bond acceptors (Lipinski definition) is 2. The van der Waals surface area contributed by atoms with E-state index in [-0.39, 0.29) is 0 Å². The first-order valence-electron chi connectivity index (χ1n) is 6.95. The number of rotatable bonds is 3. The third-order valence-electron chi connectivity index (χ3n) is 3.85. The Morgan fingerprint density at radius 2 is 2.32 bits per heavy atom. The van der Waals surface area contributed by atoms with Crippen LogP contribution in [0.4, 0.5) is 0 Å². The average molecular weight is 256 g/mol. The van der Waals surface area contributed by atoms with Crippen LogP contribution in [0, 0.1) is 0 Å². The molecule has 1 atom stereocenters. The summed E-state index contributed by atoms with van der Waals surface area (Å²) in [7, 11) is 1.70. The van der Waals surface area contributed by atoms with Gasteiger partial charge in [-0.2, -0.15) is 0 Å². The van der Waals surface area contributed by atoms with E-state index in [1.807, 2.05) is 12.1 Å². The van der Waals surface area contributed by atoms with Crippen molar-refractivity contribution in [3.8, 4) is 5.75 Å². The van der Waals surface area contributed by atoms with Gasteiger partial charge in [-0.1, -0.05) is 19.1 Å². The molecule has 0 radical (unpaired) electrons. The summed E-state index contributed by atoms with van der Waals surface area (Å²) in [6.07, 6.45) is 5.62. The molecule has 0 fully saturated rings. The predicted molar refractivity (Wildman–Crippen MR) is 75.7 cm³/mol. The van der Waals surface area contributed by atoms with Crippen LogP contribution < -0.4 is 4.74 Å². The molecule has 1 aromatic heterocycles. The van der Waals surface area contributed by atoms with Gasteiger partial charge in [0.2, 0.25) is 0 Å². The van der Waals surface area contributed by atoms with E-state index in [4.69, 9.17) is 9.72 Å². The van der Waals surface area contributed by atoms with Crippen molar-refractivity contribution in [3.63, 3.8) is 0 Å². The molecule has 1 aliphatic heterocycles. The second kappa shape index (κ2) is 5.08. The van der Waals surface area contributed by atoms with Crippen LogP contribution in [0.15, 0.2) is 30.5 Å². The van der Waals surface area contributed by atoms with Crippen molar-refractivity contribution in [1.29, 1.82) is 0 Å². The summed E-state index contributed by atoms with van der Waals surface area (Å²) in [5, 5.41) is 0. The minimum absolute atomic E-state index is 0.591. The van der Waals surface area contributed by atoms with E-state index in [0.717, 1.165) is 24.4 Å². The molecule has 1 aromatic carbocycles. The molecule has 0 bridgehead atoms. The lowest BCUT2D eigenvalue weighted by molar-refractivity contribution is 0.414. The largest absolute Gasteiger partial charge is 0.497 e. The molecule has 0 N–H and O–H groups in total. The number of ether oxygens (including phenoxy) is 1. The minimum atomic E-state index is 0.591. The lowest BCUT2D eigenvalue weighted by atomic mass is 10.0. The van der Waals surface area contributed by atoms with Crippen molar-refractivity contribution in [2.24, 2.45) is 0 Å². The molecule has 1 unspecified atom stereocenters. The third kappa shape index (κ3) is 2.50. The molecule has 0 spiro atoms. The summed E-state index contributed by atoms with van der Waals surface area (Å²) in [6, 6.07) is 8.22. The number of aromatic nitrogens is 2. The molecule has 0 amide bonds. The summed E-state index contributed by atoms with van der Waals surface area (Å²) < 4.78 is 7.59. The summed E-state index contributed by atoms with van der Waals surface area (Å²) in [6.45, 7) is 3.39. The van der Waals surface area contributed by atoms with Gasteiger partial charge in [0.15, 0.2) is 0 Å². The smallest absolute Gasteiger partial charge is 0.119 e. The number of fused-ring (bicyclic) bond motifs is 1. The molecule has 3 rings (SSSR count). The van der Waals surface area contributed by atoms with Gasteiger partial charge in [0.1, 0.15) is 11.6 Å². The molecular formula is C16H20N2O. The molecule has 2 heterocycles. The summed E-state index contributed by atoms with van der Waals surface area (Å²) in [5.41, 5.74) is 2.42. The van der Waals surface area contributed by atoms with Crippen molar-refractivity contribution >= 4 is 0 Å². The Labute approximate surface area is 114 Å². The monoisotopic (exact) mass is 256 g/mol. The van der Waals surface area contributed by atoms with Crippen LogP contribution in [0.2, 0.25) is 0 Å². The molecule has 3 heteroatoms. The van der Waals surface area contributed by atoms with E-state index < -0.39 is 0 Å². The number of hydrogen-bond donors (Lipinski definition) is 0. The van der Waals surface area contributed by atoms with Crippen LogP contribution in [0.25, 0.3) is 0 Å². The van der Waals surface area contributed by atoms with Gasteiger partial charge in [-0.15, -0.1) is 0 Å². The highest BCUT2D eigenvalue weighted by molar-refractivity contribution is 5.31. The van der Waals surface area contributed by atoms with Gasteiger partial charge in [0, 0.05) is 25.1 Å². The first kappa shape index (κ1) is 12.3. The van der Waals surface area contributed by atoms with Crippen molar-refractivity contribution in [3.05, 3.63) is 47.5 Å². The highest BCUT2D eigenvalue weighted by Crippen LogP contribution is 2.26. The third-order valence-corrected chi connectivity index (χ3v) is 3.85. The van der Waals surface area contributed by atoms with Crippen LogP contribution in [-0.4, -0.2) is 16.7 Å². The lowest BCUT2D eigenvalue weighted by Gasteiger charge is -2.19. The maximum absolute atomic E-state index is 5.27. The average Bonchev–Trinajstić information content (AvgIpc) is 2.83. The number of imidazole rings is 1. The number of methoxy groups -OCH3 is 1. The molecular weight excluding hydrogens is 236 g/mol. The Morgan fingerprint density at radius 3 is 3.11 bits per heavy atom. The van der Waals surface area contributed by atoms with E-state index >= 15 is 0 Å². The second-order valence-corrected chi connectivity index (χ2v) is 5.36. The Bertz CT molecular complexity index is 574. The molecule has 0 saturated heterocycles. The maximum Gasteiger partial charge on any atom is 0.119 e. The molecule has 19 heavy (non-hydrogen) atoms. The van der Waals surface area contributed by atoms with Gasteiger partial charge in [0.05, 0.1) is 12.8 Å². The quantitative estimate of drug-likeness (QED) is 0.841. The fraction of sp³-hybridized carbons (Fsp3) is 0.438. The van der Waals surface area contributed by atoms with Crippen molar-refractivity contribution in [2.45, 2.75) is 38.6 Å². The minimum Gasteiger partial charge on any atom is -0.497 e. The number of nitrogens with zero attached hydrogens (tertiary/aromatic N) is 2. The van der Waals surface area contributed by atoms with Crippen molar-refractivity contribution in [2.75, 3.05) is 7.11 Å². The van der Waals surface area contributed by atoms with Gasteiger partial charge in [0.25, 0.3) is 0 Å². The Kier molecular flexibility index (Phi) is 3.28. The fourth-order valence-electron chi connectivity index (χ4n) is 2.83. The van der Waals surface area contributed by atoms with Gasteiger partial charge in [-0.05, 0) is 30.5 Å². The number of aryl methyl sites for hydroxylation is 1. The van der Waals surface area contributed by atoms with E-state index in [9.17, 15) is 0 Å². The van der Waals surface area contributed by atoms with Crippen molar-refractivity contribution < 1.29 is 4.74 Å². The fourth-order valence-corrected chi connectivity index (χ4v) is 2.83. The van der Waals surface area contributed by atoms with Crippen LogP contribution in [0.3, 0.4) is 0 Å². The molecule has 2 aromatic rings. The van der Waals surface area contributed by atoms with Crippen LogP contribution in [0.5, 0.6) is 5.75 Å². The molecule has 0 saturated carbocycles. The highest BCUT2D eigenvalue weighted by atomic mass is 16.5. The zero-order valence-electron chi connectivity index (χ0n) is 11.6. The Morgan fingerprint density at radius 1 is 1.42 bits per heavy atom. The molecule has 3 nitrogen and oxygen atoms in total. The zero-order valence-corrected chi connectivity index (χ0v) is 11.6. The Balaban J connectivity index is 1.83. The first-order valence-corrected chi connectivity index (χ1v) is 6.95. The first-order chi connectivity index (χ1) is 9.26. The van der Waals surface area contributed by atoms with Gasteiger partial charge in [-0.3, -0.25) is 0 Å². The topological polar surface area (TPSA) is 27.1 Å². The van der Waals surface area contributed by atoms with E-state index in [0.29, 0.717) is 5.92 Å². The lowest BCUT2D eigenvalue weighted by Crippen LogP contribution is -2.12. The van der Waals surface area contributed by atoms with Crippen molar-refractivity contribution in [1.82, 2.24) is 9.55 Å². The highest BCUT2D eigenvalue weighted by Gasteiger charge is 2.19. The van der Waals surface area contributed by atoms with Crippen LogP contribution in [0.1, 0.15) is 42.8 Å². The van der Waals surface area contributed by atoms with Crippen LogP contribution >= 0.6 is 0 Å². The second-order valence-electron chi connectivity index (χ2n) is 5.36. The standard InChI is InChI=1S/C16H20N2O/c1-12-5-4-8-18-11-14(17-16(12)18)9-13-6-3-7-15(10-13)19-2/h3,6-7,10-12H,4-5,8-9H2,1-2H3. The van der Waals surface area contributed by atoms with E-state index in [1.54, 1.807) is 7.11 Å². The SMILES string of the molecule is COc1cccc(Cc2cn3c(n2)C(C)CCC3)c1. The van der Waals surface area contributed by atoms with Gasteiger partial charge < -0.3 is 9.30 Å². The predicted octanol–water partition coefficient (Wildman–Crippen LogP) is 3.38. The van der Waals surface area contributed by atoms with Gasteiger partial charge >= 0.3 is 0 Å². The molecule has 100 valence electrons. The van der Waals surface area contributed by atoms with E-state index in [1.165, 1.54) is 24.2 Å². The summed E-state index contributed by atoms with van der Waals surface area (Å²) in [4.78, 5) is 4.80. The number of benzene rings is 1. The summed E-state index contributed by atoms with van der Waals surface area (Å²) >= 11 is 0. The van der Waals surface area contributed by atoms with Crippen LogP contribution in [-0.2, 0) is 13.0 Å². The maximum atomic E-state index is 5.27. The Hall–Kier alpha value is -1.77. The molecule has 1 aliphatic rings. The summed E-state index contributed by atoms with van der Waals surface area (Å²) in [5.74, 6) is 2.76.